The molecule has 1 amide bonds. The molecule has 1 fully saturated rings. The molecule has 0 aliphatic carbocycles. The molecule has 5 nitrogen and oxygen atoms in total. The molecule has 0 aromatic heterocycles. The second kappa shape index (κ2) is 8.86. The summed E-state index contributed by atoms with van der Waals surface area (Å²) in [6.45, 7) is 7.85. The maximum atomic E-state index is 13.9. The highest BCUT2D eigenvalue weighted by Crippen LogP contribution is 2.28. The Hall–Kier alpha value is -2.60. The van der Waals surface area contributed by atoms with Gasteiger partial charge in [-0.2, -0.15) is 0 Å². The zero-order valence-corrected chi connectivity index (χ0v) is 15.9. The fourth-order valence-corrected chi connectivity index (χ4v) is 3.26. The molecule has 0 atom stereocenters. The summed E-state index contributed by atoms with van der Waals surface area (Å²) in [7, 11) is 0. The van der Waals surface area contributed by atoms with Crippen molar-refractivity contribution >= 4 is 17.3 Å². The number of ether oxygens (including phenoxy) is 1. The quantitative estimate of drug-likeness (QED) is 0.846. The van der Waals surface area contributed by atoms with E-state index in [1.54, 1.807) is 12.1 Å². The molecule has 1 aliphatic heterocycles. The fraction of sp³-hybridized carbons (Fsp3) is 0.381. The molecular weight excluding hydrogens is 345 g/mol. The molecule has 144 valence electrons. The summed E-state index contributed by atoms with van der Waals surface area (Å²) < 4.78 is 19.6. The van der Waals surface area contributed by atoms with Gasteiger partial charge in [0, 0.05) is 26.2 Å². The molecule has 0 saturated carbocycles. The van der Waals surface area contributed by atoms with Crippen LogP contribution in [0.4, 0.5) is 15.8 Å². The molecule has 0 unspecified atom stereocenters. The van der Waals surface area contributed by atoms with Gasteiger partial charge in [-0.1, -0.05) is 18.2 Å². The van der Waals surface area contributed by atoms with Crippen molar-refractivity contribution in [1.29, 1.82) is 0 Å². The number of nitrogens with one attached hydrogen (secondary N) is 1. The van der Waals surface area contributed by atoms with Crippen LogP contribution in [0.2, 0.25) is 0 Å². The van der Waals surface area contributed by atoms with Crippen molar-refractivity contribution in [3.8, 4) is 5.75 Å². The van der Waals surface area contributed by atoms with E-state index >= 15 is 0 Å². The lowest BCUT2D eigenvalue weighted by atomic mass is 10.2. The number of piperazine rings is 1. The first-order chi connectivity index (χ1) is 13.1. The second-order valence-electron chi connectivity index (χ2n) is 6.70. The summed E-state index contributed by atoms with van der Waals surface area (Å²) in [4.78, 5) is 16.6. The Morgan fingerprint density at radius 1 is 1.15 bits per heavy atom. The molecule has 0 spiro atoms. The van der Waals surface area contributed by atoms with Crippen molar-refractivity contribution in [2.45, 2.75) is 13.8 Å². The SMILES string of the molecule is CCOc1ccccc1N1CCN(CC(=O)Nc2ccc(C)cc2F)CC1. The lowest BCUT2D eigenvalue weighted by molar-refractivity contribution is -0.117. The number of hydrogen-bond donors (Lipinski definition) is 1. The van der Waals surface area contributed by atoms with Crippen LogP contribution in [-0.2, 0) is 4.79 Å². The summed E-state index contributed by atoms with van der Waals surface area (Å²) >= 11 is 0. The molecule has 1 aliphatic rings. The first kappa shape index (κ1) is 19.2. The van der Waals surface area contributed by atoms with Gasteiger partial charge in [-0.05, 0) is 43.7 Å². The molecule has 0 radical (unpaired) electrons. The van der Waals surface area contributed by atoms with Gasteiger partial charge in [-0.15, -0.1) is 0 Å². The van der Waals surface area contributed by atoms with Crippen LogP contribution in [0.3, 0.4) is 0 Å². The predicted molar refractivity (Wildman–Crippen MR) is 106 cm³/mol. The number of halogens is 1. The Kier molecular flexibility index (Phi) is 6.29. The van der Waals surface area contributed by atoms with E-state index in [1.165, 1.54) is 6.07 Å². The highest BCUT2D eigenvalue weighted by Gasteiger charge is 2.21. The highest BCUT2D eigenvalue weighted by molar-refractivity contribution is 5.92. The third-order valence-electron chi connectivity index (χ3n) is 4.64. The lowest BCUT2D eigenvalue weighted by Gasteiger charge is -2.36. The van der Waals surface area contributed by atoms with E-state index in [1.807, 2.05) is 32.0 Å². The van der Waals surface area contributed by atoms with Crippen molar-refractivity contribution in [2.75, 3.05) is 49.5 Å². The van der Waals surface area contributed by atoms with E-state index in [9.17, 15) is 9.18 Å². The third-order valence-corrected chi connectivity index (χ3v) is 4.64. The summed E-state index contributed by atoms with van der Waals surface area (Å²) in [6.07, 6.45) is 0. The fourth-order valence-electron chi connectivity index (χ4n) is 3.26. The molecule has 2 aromatic carbocycles. The maximum Gasteiger partial charge on any atom is 0.238 e. The van der Waals surface area contributed by atoms with Gasteiger partial charge in [-0.25, -0.2) is 4.39 Å². The van der Waals surface area contributed by atoms with Crippen molar-refractivity contribution in [3.05, 3.63) is 53.8 Å². The molecule has 6 heteroatoms. The summed E-state index contributed by atoms with van der Waals surface area (Å²) in [5, 5.41) is 2.66. The third kappa shape index (κ3) is 4.98. The highest BCUT2D eigenvalue weighted by atomic mass is 19.1. The van der Waals surface area contributed by atoms with Crippen molar-refractivity contribution in [2.24, 2.45) is 0 Å². The molecular formula is C21H26FN3O2. The zero-order valence-electron chi connectivity index (χ0n) is 15.9. The minimum absolute atomic E-state index is 0.194. The molecule has 0 bridgehead atoms. The number of anilines is 2. The molecule has 2 aromatic rings. The Bertz CT molecular complexity index is 789. The monoisotopic (exact) mass is 371 g/mol. The first-order valence-corrected chi connectivity index (χ1v) is 9.32. The Labute approximate surface area is 159 Å². The number of hydrogen-bond acceptors (Lipinski definition) is 4. The number of nitrogens with zero attached hydrogens (tertiary/aromatic N) is 2. The van der Waals surface area contributed by atoms with Crippen LogP contribution < -0.4 is 15.0 Å². The summed E-state index contributed by atoms with van der Waals surface area (Å²) in [5.41, 5.74) is 2.15. The van der Waals surface area contributed by atoms with Crippen LogP contribution in [0.15, 0.2) is 42.5 Å². The van der Waals surface area contributed by atoms with Crippen LogP contribution in [0.1, 0.15) is 12.5 Å². The van der Waals surface area contributed by atoms with Gasteiger partial charge in [-0.3, -0.25) is 9.69 Å². The van der Waals surface area contributed by atoms with Crippen molar-refractivity contribution in [1.82, 2.24) is 4.90 Å². The average Bonchev–Trinajstić information content (AvgIpc) is 2.65. The van der Waals surface area contributed by atoms with Gasteiger partial charge in [0.2, 0.25) is 5.91 Å². The molecule has 3 rings (SSSR count). The van der Waals surface area contributed by atoms with E-state index in [-0.39, 0.29) is 18.1 Å². The van der Waals surface area contributed by atoms with Crippen LogP contribution in [0, 0.1) is 12.7 Å². The van der Waals surface area contributed by atoms with Crippen molar-refractivity contribution in [3.63, 3.8) is 0 Å². The van der Waals surface area contributed by atoms with Gasteiger partial charge in [0.05, 0.1) is 24.5 Å². The normalized spacial score (nSPS) is 14.9. The van der Waals surface area contributed by atoms with E-state index in [0.29, 0.717) is 6.61 Å². The van der Waals surface area contributed by atoms with Crippen LogP contribution in [0.5, 0.6) is 5.75 Å². The van der Waals surface area contributed by atoms with E-state index < -0.39 is 5.82 Å². The number of para-hydroxylation sites is 2. The van der Waals surface area contributed by atoms with E-state index in [0.717, 1.165) is 43.2 Å². The number of benzene rings is 2. The van der Waals surface area contributed by atoms with Crippen LogP contribution >= 0.6 is 0 Å². The lowest BCUT2D eigenvalue weighted by Crippen LogP contribution is -2.48. The summed E-state index contributed by atoms with van der Waals surface area (Å²) in [5.74, 6) is 0.294. The molecule has 1 heterocycles. The number of rotatable bonds is 6. The summed E-state index contributed by atoms with van der Waals surface area (Å²) in [6, 6.07) is 12.8. The van der Waals surface area contributed by atoms with Crippen LogP contribution in [0.25, 0.3) is 0 Å². The van der Waals surface area contributed by atoms with Gasteiger partial charge >= 0.3 is 0 Å². The van der Waals surface area contributed by atoms with Crippen molar-refractivity contribution < 1.29 is 13.9 Å². The predicted octanol–water partition coefficient (Wildman–Crippen LogP) is 3.29. The number of carbonyl (C=O) groups excluding carboxylic acids is 1. The molecule has 1 N–H and O–H groups in total. The first-order valence-electron chi connectivity index (χ1n) is 9.32. The Morgan fingerprint density at radius 2 is 1.89 bits per heavy atom. The minimum Gasteiger partial charge on any atom is -0.492 e. The van der Waals surface area contributed by atoms with E-state index in [4.69, 9.17) is 4.74 Å². The van der Waals surface area contributed by atoms with E-state index in [2.05, 4.69) is 21.2 Å². The van der Waals surface area contributed by atoms with Gasteiger partial charge in [0.15, 0.2) is 0 Å². The topological polar surface area (TPSA) is 44.8 Å². The zero-order chi connectivity index (χ0) is 19.2. The average molecular weight is 371 g/mol. The standard InChI is InChI=1S/C21H26FN3O2/c1-3-27-20-7-5-4-6-19(20)25-12-10-24(11-13-25)15-21(26)23-18-9-8-16(2)14-17(18)22/h4-9,14H,3,10-13,15H2,1-2H3,(H,23,26). The van der Waals surface area contributed by atoms with Crippen LogP contribution in [-0.4, -0.2) is 50.1 Å². The Balaban J connectivity index is 1.53. The number of aryl methyl sites for hydroxylation is 1. The van der Waals surface area contributed by atoms with Gasteiger partial charge in [0.1, 0.15) is 11.6 Å². The number of carbonyl (C=O) groups is 1. The molecule has 1 saturated heterocycles. The van der Waals surface area contributed by atoms with Gasteiger partial charge < -0.3 is 15.0 Å². The largest absolute Gasteiger partial charge is 0.492 e. The number of amides is 1. The smallest absolute Gasteiger partial charge is 0.238 e. The maximum absolute atomic E-state index is 13.9. The molecule has 27 heavy (non-hydrogen) atoms. The van der Waals surface area contributed by atoms with Gasteiger partial charge in [0.25, 0.3) is 0 Å². The Morgan fingerprint density at radius 3 is 2.59 bits per heavy atom. The minimum atomic E-state index is -0.402. The second-order valence-corrected chi connectivity index (χ2v) is 6.70.